The summed E-state index contributed by atoms with van der Waals surface area (Å²) in [4.78, 5) is 2.53. The molecule has 0 aromatic carbocycles. The van der Waals surface area contributed by atoms with Crippen molar-refractivity contribution < 1.29 is 4.74 Å². The average Bonchev–Trinajstić information content (AvgIpc) is 2.81. The fourth-order valence-electron chi connectivity index (χ4n) is 1.99. The van der Waals surface area contributed by atoms with Gasteiger partial charge in [-0.25, -0.2) is 0 Å². The number of morpholine rings is 1. The third kappa shape index (κ3) is 3.41. The Morgan fingerprint density at radius 2 is 1.93 bits per heavy atom. The highest BCUT2D eigenvalue weighted by molar-refractivity contribution is 7.58. The van der Waals surface area contributed by atoms with Crippen molar-refractivity contribution in [3.63, 3.8) is 0 Å². The van der Waals surface area contributed by atoms with E-state index in [4.69, 9.17) is 4.74 Å². The van der Waals surface area contributed by atoms with Gasteiger partial charge >= 0.3 is 0 Å². The maximum Gasteiger partial charge on any atom is 0.0594 e. The summed E-state index contributed by atoms with van der Waals surface area (Å²) in [6.07, 6.45) is 10.4. The van der Waals surface area contributed by atoms with Crippen molar-refractivity contribution in [2.75, 3.05) is 45.7 Å². The zero-order valence-corrected chi connectivity index (χ0v) is 10.3. The van der Waals surface area contributed by atoms with Gasteiger partial charge in [0.05, 0.1) is 13.2 Å². The SMILES string of the molecule is CP(CCN1CCOCC1)C1C=CC=C1. The molecular weight excluding hydrogens is 205 g/mol. The van der Waals surface area contributed by atoms with Gasteiger partial charge in [-0.2, -0.15) is 0 Å². The molecule has 1 fully saturated rings. The Kier molecular flexibility index (Phi) is 4.37. The largest absolute Gasteiger partial charge is 0.379 e. The van der Waals surface area contributed by atoms with Gasteiger partial charge in [0, 0.05) is 25.3 Å². The van der Waals surface area contributed by atoms with E-state index in [2.05, 4.69) is 35.9 Å². The second kappa shape index (κ2) is 5.79. The average molecular weight is 225 g/mol. The van der Waals surface area contributed by atoms with Crippen LogP contribution in [0.5, 0.6) is 0 Å². The molecule has 0 amide bonds. The predicted octanol–water partition coefficient (Wildman–Crippen LogP) is 1.92. The summed E-state index contributed by atoms with van der Waals surface area (Å²) in [5, 5.41) is 0. The highest BCUT2D eigenvalue weighted by atomic mass is 31.1. The van der Waals surface area contributed by atoms with E-state index >= 15 is 0 Å². The number of ether oxygens (including phenoxy) is 1. The second-order valence-electron chi connectivity index (χ2n) is 4.20. The van der Waals surface area contributed by atoms with Gasteiger partial charge in [0.25, 0.3) is 0 Å². The van der Waals surface area contributed by atoms with E-state index in [1.54, 1.807) is 0 Å². The van der Waals surface area contributed by atoms with E-state index < -0.39 is 0 Å². The highest BCUT2D eigenvalue weighted by Gasteiger charge is 2.15. The fraction of sp³-hybridized carbons (Fsp3) is 0.667. The Labute approximate surface area is 93.7 Å². The van der Waals surface area contributed by atoms with Crippen LogP contribution in [0.4, 0.5) is 0 Å². The highest BCUT2D eigenvalue weighted by Crippen LogP contribution is 2.39. The minimum absolute atomic E-state index is 0.137. The number of nitrogens with zero attached hydrogens (tertiary/aromatic N) is 1. The molecule has 2 nitrogen and oxygen atoms in total. The van der Waals surface area contributed by atoms with Crippen molar-refractivity contribution in [3.8, 4) is 0 Å². The lowest BCUT2D eigenvalue weighted by atomic mass is 10.4. The summed E-state index contributed by atoms with van der Waals surface area (Å²) in [5.41, 5.74) is 0.737. The third-order valence-corrected chi connectivity index (χ3v) is 5.38. The van der Waals surface area contributed by atoms with Gasteiger partial charge in [-0.05, 0) is 12.8 Å². The predicted molar refractivity (Wildman–Crippen MR) is 67.0 cm³/mol. The van der Waals surface area contributed by atoms with Gasteiger partial charge in [-0.15, -0.1) is 0 Å². The minimum Gasteiger partial charge on any atom is -0.379 e. The molecule has 84 valence electrons. The molecule has 0 bridgehead atoms. The normalized spacial score (nSPS) is 24.9. The molecule has 0 aromatic rings. The van der Waals surface area contributed by atoms with Crippen molar-refractivity contribution in [1.82, 2.24) is 4.90 Å². The first-order valence-corrected chi connectivity index (χ1v) is 7.76. The Morgan fingerprint density at radius 1 is 1.27 bits per heavy atom. The molecule has 0 saturated carbocycles. The molecule has 0 N–H and O–H groups in total. The van der Waals surface area contributed by atoms with Crippen molar-refractivity contribution in [2.45, 2.75) is 5.66 Å². The van der Waals surface area contributed by atoms with Crippen molar-refractivity contribution >= 4 is 7.92 Å². The Balaban J connectivity index is 1.67. The fourth-order valence-corrected chi connectivity index (χ4v) is 3.67. The zero-order chi connectivity index (χ0) is 10.5. The first-order chi connectivity index (χ1) is 7.36. The number of allylic oxidation sites excluding steroid dienone is 4. The maximum absolute atomic E-state index is 5.35. The van der Waals surface area contributed by atoms with E-state index in [1.165, 1.54) is 12.7 Å². The van der Waals surface area contributed by atoms with Crippen LogP contribution in [0.2, 0.25) is 0 Å². The third-order valence-electron chi connectivity index (χ3n) is 3.11. The van der Waals surface area contributed by atoms with Crippen LogP contribution in [-0.4, -0.2) is 56.2 Å². The van der Waals surface area contributed by atoms with Crippen LogP contribution in [-0.2, 0) is 4.74 Å². The molecule has 0 radical (unpaired) electrons. The molecule has 1 aliphatic carbocycles. The van der Waals surface area contributed by atoms with E-state index in [9.17, 15) is 0 Å². The molecule has 3 heteroatoms. The molecule has 1 aliphatic heterocycles. The molecule has 2 rings (SSSR count). The van der Waals surface area contributed by atoms with Crippen LogP contribution in [0.1, 0.15) is 0 Å². The van der Waals surface area contributed by atoms with Gasteiger partial charge in [0.15, 0.2) is 0 Å². The van der Waals surface area contributed by atoms with Crippen molar-refractivity contribution in [3.05, 3.63) is 24.3 Å². The quantitative estimate of drug-likeness (QED) is 0.678. The zero-order valence-electron chi connectivity index (χ0n) is 9.43. The van der Waals surface area contributed by atoms with E-state index in [0.29, 0.717) is 0 Å². The molecule has 0 aromatic heterocycles. The van der Waals surface area contributed by atoms with Gasteiger partial charge in [0.2, 0.25) is 0 Å². The number of rotatable bonds is 4. The summed E-state index contributed by atoms with van der Waals surface area (Å²) in [6.45, 7) is 7.76. The number of hydrogen-bond donors (Lipinski definition) is 0. The monoisotopic (exact) mass is 225 g/mol. The van der Waals surface area contributed by atoms with Crippen LogP contribution in [0.25, 0.3) is 0 Å². The lowest BCUT2D eigenvalue weighted by Gasteiger charge is -2.28. The molecule has 15 heavy (non-hydrogen) atoms. The minimum atomic E-state index is 0.137. The first kappa shape index (κ1) is 11.3. The van der Waals surface area contributed by atoms with Gasteiger partial charge < -0.3 is 4.74 Å². The van der Waals surface area contributed by atoms with E-state index in [0.717, 1.165) is 32.0 Å². The lowest BCUT2D eigenvalue weighted by Crippen LogP contribution is -2.37. The molecule has 1 atom stereocenters. The van der Waals surface area contributed by atoms with Crippen LogP contribution >= 0.6 is 7.92 Å². The van der Waals surface area contributed by atoms with Gasteiger partial charge in [-0.3, -0.25) is 4.90 Å². The molecule has 1 heterocycles. The summed E-state index contributed by atoms with van der Waals surface area (Å²) in [6, 6.07) is 0. The molecule has 1 unspecified atom stereocenters. The Hall–Kier alpha value is -0.170. The van der Waals surface area contributed by atoms with Crippen LogP contribution in [0.3, 0.4) is 0 Å². The van der Waals surface area contributed by atoms with Gasteiger partial charge in [-0.1, -0.05) is 32.2 Å². The summed E-state index contributed by atoms with van der Waals surface area (Å²) in [5.74, 6) is 0. The Morgan fingerprint density at radius 3 is 2.60 bits per heavy atom. The van der Waals surface area contributed by atoms with Crippen LogP contribution in [0, 0.1) is 0 Å². The van der Waals surface area contributed by atoms with Crippen LogP contribution < -0.4 is 0 Å². The first-order valence-electron chi connectivity index (χ1n) is 5.71. The molecule has 2 aliphatic rings. The summed E-state index contributed by atoms with van der Waals surface area (Å²) < 4.78 is 5.35. The van der Waals surface area contributed by atoms with E-state index in [1.807, 2.05) is 0 Å². The summed E-state index contributed by atoms with van der Waals surface area (Å²) in [7, 11) is 0.137. The maximum atomic E-state index is 5.35. The lowest BCUT2D eigenvalue weighted by molar-refractivity contribution is 0.0409. The molecule has 0 spiro atoms. The Bertz CT molecular complexity index is 234. The second-order valence-corrected chi connectivity index (χ2v) is 6.75. The van der Waals surface area contributed by atoms with Crippen molar-refractivity contribution in [2.24, 2.45) is 0 Å². The number of hydrogen-bond acceptors (Lipinski definition) is 2. The van der Waals surface area contributed by atoms with Crippen molar-refractivity contribution in [1.29, 1.82) is 0 Å². The summed E-state index contributed by atoms with van der Waals surface area (Å²) >= 11 is 0. The van der Waals surface area contributed by atoms with Crippen LogP contribution in [0.15, 0.2) is 24.3 Å². The van der Waals surface area contributed by atoms with E-state index in [-0.39, 0.29) is 7.92 Å². The topological polar surface area (TPSA) is 12.5 Å². The standard InChI is InChI=1S/C12H20NOP/c1-15(12-4-2-3-5-12)11-8-13-6-9-14-10-7-13/h2-5,12H,6-11H2,1H3. The van der Waals surface area contributed by atoms with Gasteiger partial charge in [0.1, 0.15) is 0 Å². The molecule has 1 saturated heterocycles. The molecular formula is C12H20NOP. The smallest absolute Gasteiger partial charge is 0.0594 e.